The molecule has 4 N–H and O–H groups in total. The molecule has 4 rings (SSSR count). The summed E-state index contributed by atoms with van der Waals surface area (Å²) in [5.74, 6) is -1.15. The third-order valence-corrected chi connectivity index (χ3v) is 9.07. The molecule has 2 aliphatic rings. The van der Waals surface area contributed by atoms with Crippen LogP contribution in [0.4, 0.5) is 9.52 Å². The number of carbonyl (C=O) groups excluding carboxylic acids is 2. The molecule has 0 spiro atoms. The van der Waals surface area contributed by atoms with Crippen LogP contribution >= 0.6 is 11.3 Å². The molecule has 1 aromatic carbocycles. The molecule has 35 heavy (non-hydrogen) atoms. The number of nitrogens with zero attached hydrogens (tertiary/aromatic N) is 1. The molecular weight excluding hydrogens is 469 g/mol. The van der Waals surface area contributed by atoms with E-state index in [4.69, 9.17) is 4.98 Å². The zero-order chi connectivity index (χ0) is 25.5. The molecule has 9 heteroatoms. The number of nitrogens with one attached hydrogen (secondary N) is 2. The first kappa shape index (κ1) is 25.7. The number of hydrogen-bond donors (Lipinski definition) is 4. The van der Waals surface area contributed by atoms with Crippen LogP contribution in [-0.2, 0) is 11.2 Å². The van der Waals surface area contributed by atoms with Gasteiger partial charge in [0.2, 0.25) is 5.91 Å². The number of fused-ring (bicyclic) bond motifs is 2. The van der Waals surface area contributed by atoms with Crippen LogP contribution in [0.25, 0.3) is 0 Å². The Morgan fingerprint density at radius 1 is 1.26 bits per heavy atom. The summed E-state index contributed by atoms with van der Waals surface area (Å²) < 4.78 is 13.2. The van der Waals surface area contributed by atoms with E-state index in [0.717, 1.165) is 10.6 Å². The Balaban J connectivity index is 1.70. The van der Waals surface area contributed by atoms with Crippen molar-refractivity contribution < 1.29 is 24.2 Å². The number of aliphatic hydroxyl groups excluding tert-OH is 2. The quantitative estimate of drug-likeness (QED) is 0.478. The molecule has 0 saturated heterocycles. The van der Waals surface area contributed by atoms with Crippen molar-refractivity contribution in [3.05, 3.63) is 46.2 Å². The number of aliphatic hydroxyl groups is 2. The van der Waals surface area contributed by atoms with Crippen LogP contribution in [0, 0.1) is 22.6 Å². The van der Waals surface area contributed by atoms with Crippen molar-refractivity contribution in [3.63, 3.8) is 0 Å². The molecule has 1 heterocycles. The number of thiazole rings is 1. The Labute approximate surface area is 209 Å². The Morgan fingerprint density at radius 2 is 1.94 bits per heavy atom. The second-order valence-corrected chi connectivity index (χ2v) is 11.8. The number of aromatic nitrogens is 1. The normalized spacial score (nSPS) is 29.9. The number of carbonyl (C=O) groups is 2. The largest absolute Gasteiger partial charge is 0.396 e. The van der Waals surface area contributed by atoms with E-state index in [2.05, 4.69) is 17.6 Å². The molecule has 5 atom stereocenters. The van der Waals surface area contributed by atoms with Crippen molar-refractivity contribution in [2.24, 2.45) is 16.7 Å². The first-order chi connectivity index (χ1) is 16.5. The molecule has 1 fully saturated rings. The van der Waals surface area contributed by atoms with E-state index in [9.17, 15) is 24.2 Å². The fraction of sp³-hybridized carbons (Fsp3) is 0.577. The van der Waals surface area contributed by atoms with Gasteiger partial charge in [0.15, 0.2) is 5.13 Å². The summed E-state index contributed by atoms with van der Waals surface area (Å²) in [4.78, 5) is 31.4. The highest BCUT2D eigenvalue weighted by molar-refractivity contribution is 7.15. The maximum absolute atomic E-state index is 13.2. The molecule has 0 aliphatic heterocycles. The van der Waals surface area contributed by atoms with Gasteiger partial charge in [0.25, 0.3) is 5.91 Å². The molecule has 2 aliphatic carbocycles. The fourth-order valence-electron chi connectivity index (χ4n) is 6.04. The van der Waals surface area contributed by atoms with Crippen LogP contribution in [0.5, 0.6) is 0 Å². The van der Waals surface area contributed by atoms with Crippen molar-refractivity contribution in [1.29, 1.82) is 0 Å². The van der Waals surface area contributed by atoms with Gasteiger partial charge in [-0.3, -0.25) is 14.9 Å². The Hall–Kier alpha value is -2.36. The lowest BCUT2D eigenvalue weighted by molar-refractivity contribution is -0.144. The van der Waals surface area contributed by atoms with E-state index in [-0.39, 0.29) is 48.1 Å². The summed E-state index contributed by atoms with van der Waals surface area (Å²) in [5.41, 5.74) is 0.0614. The minimum Gasteiger partial charge on any atom is -0.396 e. The Bertz CT molecular complexity index is 1100. The third-order valence-electron chi connectivity index (χ3n) is 8.06. The lowest BCUT2D eigenvalue weighted by Gasteiger charge is -2.58. The van der Waals surface area contributed by atoms with Gasteiger partial charge in [-0.2, -0.15) is 0 Å². The highest BCUT2D eigenvalue weighted by Gasteiger charge is 2.59. The average Bonchev–Trinajstić information content (AvgIpc) is 3.20. The minimum absolute atomic E-state index is 0.00559. The van der Waals surface area contributed by atoms with Gasteiger partial charge in [-0.15, -0.1) is 11.3 Å². The predicted octanol–water partition coefficient (Wildman–Crippen LogP) is 3.86. The van der Waals surface area contributed by atoms with E-state index >= 15 is 0 Å². The van der Waals surface area contributed by atoms with Crippen LogP contribution < -0.4 is 10.6 Å². The second kappa shape index (κ2) is 9.59. The van der Waals surface area contributed by atoms with Gasteiger partial charge in [0, 0.05) is 34.2 Å². The van der Waals surface area contributed by atoms with Crippen molar-refractivity contribution in [3.8, 4) is 0 Å². The van der Waals surface area contributed by atoms with Crippen LogP contribution in [0.2, 0.25) is 0 Å². The Morgan fingerprint density at radius 3 is 2.57 bits per heavy atom. The van der Waals surface area contributed by atoms with E-state index in [1.807, 2.05) is 20.8 Å². The van der Waals surface area contributed by atoms with Crippen LogP contribution in [0.1, 0.15) is 73.8 Å². The van der Waals surface area contributed by atoms with Gasteiger partial charge in [0.1, 0.15) is 5.82 Å². The molecule has 0 bridgehead atoms. The van der Waals surface area contributed by atoms with E-state index in [0.29, 0.717) is 30.0 Å². The molecule has 7 nitrogen and oxygen atoms in total. The maximum atomic E-state index is 13.2. The van der Waals surface area contributed by atoms with Gasteiger partial charge >= 0.3 is 0 Å². The number of rotatable bonds is 6. The second-order valence-electron chi connectivity index (χ2n) is 10.7. The molecule has 0 radical (unpaired) electrons. The highest BCUT2D eigenvalue weighted by atomic mass is 32.1. The summed E-state index contributed by atoms with van der Waals surface area (Å²) in [5, 5.41) is 27.4. The third kappa shape index (κ3) is 4.73. The summed E-state index contributed by atoms with van der Waals surface area (Å²) in [6.07, 6.45) is 1.46. The SMILES string of the molecule is CC(C)NC(=O)C[C@@H]1c2nc(NC(=O)c3ccc(F)cc3)sc2C[C@@H]2[C@](C)(CO)[C@H](O)CC[C@]21C. The standard InChI is InChI=1S/C26H34FN3O4S/c1-14(2)28-21(33)11-17-22-18(12-19-25(17,3)10-9-20(32)26(19,4)13-31)35-24(29-22)30-23(34)15-5-7-16(27)8-6-15/h5-8,14,17,19-20,31-32H,9-13H2,1-4H3,(H,28,33)(H,29,30,34)/t17-,19+,20-,25+,26+/m1/s1. The van der Waals surface area contributed by atoms with Crippen LogP contribution in [0.3, 0.4) is 0 Å². The molecular formula is C26H34FN3O4S. The van der Waals surface area contributed by atoms with E-state index in [1.165, 1.54) is 35.6 Å². The fourth-order valence-corrected chi connectivity index (χ4v) is 7.10. The number of anilines is 1. The smallest absolute Gasteiger partial charge is 0.257 e. The van der Waals surface area contributed by atoms with Crippen molar-refractivity contribution in [1.82, 2.24) is 10.3 Å². The molecule has 2 aromatic rings. The lowest BCUT2D eigenvalue weighted by atomic mass is 9.47. The number of halogens is 1. The van der Waals surface area contributed by atoms with Crippen LogP contribution in [0.15, 0.2) is 24.3 Å². The monoisotopic (exact) mass is 503 g/mol. The molecule has 190 valence electrons. The summed E-state index contributed by atoms with van der Waals surface area (Å²) in [7, 11) is 0. The van der Waals surface area contributed by atoms with Crippen LogP contribution in [-0.4, -0.2) is 45.8 Å². The van der Waals surface area contributed by atoms with Crippen molar-refractivity contribution in [2.75, 3.05) is 11.9 Å². The molecule has 2 amide bonds. The Kier molecular flexibility index (Phi) is 7.05. The van der Waals surface area contributed by atoms with Gasteiger partial charge in [-0.25, -0.2) is 9.37 Å². The topological polar surface area (TPSA) is 112 Å². The van der Waals surface area contributed by atoms with Crippen molar-refractivity contribution in [2.45, 2.75) is 71.4 Å². The zero-order valence-electron chi connectivity index (χ0n) is 20.6. The summed E-state index contributed by atoms with van der Waals surface area (Å²) in [6.45, 7) is 7.75. The van der Waals surface area contributed by atoms with Gasteiger partial charge in [-0.1, -0.05) is 13.8 Å². The molecule has 1 saturated carbocycles. The first-order valence-electron chi connectivity index (χ1n) is 12.1. The minimum atomic E-state index is -0.709. The van der Waals surface area contributed by atoms with E-state index < -0.39 is 17.3 Å². The number of amides is 2. The van der Waals surface area contributed by atoms with Gasteiger partial charge in [0.05, 0.1) is 18.4 Å². The molecule has 1 aromatic heterocycles. The first-order valence-corrected chi connectivity index (χ1v) is 12.9. The zero-order valence-corrected chi connectivity index (χ0v) is 21.4. The predicted molar refractivity (Wildman–Crippen MR) is 133 cm³/mol. The highest BCUT2D eigenvalue weighted by Crippen LogP contribution is 2.62. The average molecular weight is 504 g/mol. The molecule has 0 unspecified atom stereocenters. The lowest BCUT2D eigenvalue weighted by Crippen LogP contribution is -2.57. The van der Waals surface area contributed by atoms with Gasteiger partial charge in [-0.05, 0) is 68.7 Å². The maximum Gasteiger partial charge on any atom is 0.257 e. The summed E-state index contributed by atoms with van der Waals surface area (Å²) >= 11 is 1.36. The van der Waals surface area contributed by atoms with Gasteiger partial charge < -0.3 is 15.5 Å². The van der Waals surface area contributed by atoms with E-state index in [1.54, 1.807) is 0 Å². The van der Waals surface area contributed by atoms with Crippen molar-refractivity contribution >= 4 is 28.3 Å². The number of benzene rings is 1. The summed E-state index contributed by atoms with van der Waals surface area (Å²) in [6, 6.07) is 5.31. The number of hydrogen-bond acceptors (Lipinski definition) is 6.